The molecule has 0 bridgehead atoms. The maximum atomic E-state index is 12.5. The Labute approximate surface area is 171 Å². The van der Waals surface area contributed by atoms with Crippen molar-refractivity contribution in [2.45, 2.75) is 16.9 Å². The third-order valence-corrected chi connectivity index (χ3v) is 8.26. The molecule has 0 aromatic heterocycles. The fourth-order valence-corrected chi connectivity index (χ4v) is 5.93. The minimum Gasteiger partial charge on any atom is -0.379 e. The first-order valence-electron chi connectivity index (χ1n) is 9.31. The molecule has 0 aliphatic carbocycles. The number of anilines is 1. The molecule has 1 atom stereocenters. The van der Waals surface area contributed by atoms with Crippen LogP contribution < -0.4 is 10.6 Å². The molecule has 156 valence electrons. The predicted molar refractivity (Wildman–Crippen MR) is 111 cm³/mol. The Morgan fingerprint density at radius 3 is 2.71 bits per heavy atom. The maximum absolute atomic E-state index is 12.5. The van der Waals surface area contributed by atoms with Gasteiger partial charge in [-0.05, 0) is 30.4 Å². The Balaban J connectivity index is 1.62. The van der Waals surface area contributed by atoms with E-state index in [1.165, 1.54) is 26.2 Å². The van der Waals surface area contributed by atoms with Crippen molar-refractivity contribution < 1.29 is 17.9 Å². The van der Waals surface area contributed by atoms with Gasteiger partial charge in [0, 0.05) is 50.7 Å². The van der Waals surface area contributed by atoms with Crippen molar-refractivity contribution in [1.29, 1.82) is 0 Å². The Kier molecular flexibility index (Phi) is 6.87. The van der Waals surface area contributed by atoms with Crippen molar-refractivity contribution in [2.75, 3.05) is 63.8 Å². The van der Waals surface area contributed by atoms with E-state index in [0.29, 0.717) is 12.2 Å². The first kappa shape index (κ1) is 21.4. The highest BCUT2D eigenvalue weighted by Crippen LogP contribution is 2.33. The number of urea groups is 1. The number of amides is 2. The molecule has 2 fully saturated rings. The standard InChI is InChI=1S/C18H28N4O4S2/c1-21(2)28(24,25)16-5-3-4-15(12-16)20-17(23)19-13-18(6-11-27-14-18)22-7-9-26-10-8-22/h3-5,12H,6-11,13-14H2,1-2H3,(H2,19,20,23). The quantitative estimate of drug-likeness (QED) is 0.709. The second-order valence-corrected chi connectivity index (χ2v) is 10.5. The van der Waals surface area contributed by atoms with Crippen LogP contribution in [0, 0.1) is 0 Å². The van der Waals surface area contributed by atoms with Crippen LogP contribution in [0.25, 0.3) is 0 Å². The fraction of sp³-hybridized carbons (Fsp3) is 0.611. The van der Waals surface area contributed by atoms with Crippen molar-refractivity contribution in [1.82, 2.24) is 14.5 Å². The highest BCUT2D eigenvalue weighted by atomic mass is 32.2. The molecular weight excluding hydrogens is 400 g/mol. The molecule has 2 heterocycles. The van der Waals surface area contributed by atoms with E-state index in [2.05, 4.69) is 15.5 Å². The monoisotopic (exact) mass is 428 g/mol. The Morgan fingerprint density at radius 2 is 2.07 bits per heavy atom. The molecule has 0 saturated carbocycles. The van der Waals surface area contributed by atoms with Crippen LogP contribution in [0.1, 0.15) is 6.42 Å². The Bertz CT molecular complexity index is 789. The lowest BCUT2D eigenvalue weighted by molar-refractivity contribution is -0.0123. The van der Waals surface area contributed by atoms with Crippen LogP contribution in [-0.4, -0.2) is 87.6 Å². The molecule has 1 aromatic carbocycles. The van der Waals surface area contributed by atoms with E-state index in [1.807, 2.05) is 11.8 Å². The zero-order valence-corrected chi connectivity index (χ0v) is 17.9. The summed E-state index contributed by atoms with van der Waals surface area (Å²) in [5.74, 6) is 2.08. The number of benzene rings is 1. The number of thioether (sulfide) groups is 1. The number of morpholine rings is 1. The molecule has 10 heteroatoms. The molecular formula is C18H28N4O4S2. The van der Waals surface area contributed by atoms with E-state index in [-0.39, 0.29) is 16.5 Å². The summed E-state index contributed by atoms with van der Waals surface area (Å²) in [6.45, 7) is 3.78. The van der Waals surface area contributed by atoms with Gasteiger partial charge in [-0.15, -0.1) is 0 Å². The van der Waals surface area contributed by atoms with Gasteiger partial charge in [0.25, 0.3) is 0 Å². The molecule has 2 aliphatic rings. The van der Waals surface area contributed by atoms with Crippen LogP contribution in [0.2, 0.25) is 0 Å². The number of ether oxygens (including phenoxy) is 1. The second-order valence-electron chi connectivity index (χ2n) is 7.25. The minimum absolute atomic E-state index is 0.0398. The SMILES string of the molecule is CN(C)S(=O)(=O)c1cccc(NC(=O)NCC2(N3CCOCC3)CCSC2)c1. The molecule has 8 nitrogen and oxygen atoms in total. The van der Waals surface area contributed by atoms with Gasteiger partial charge in [0.2, 0.25) is 10.0 Å². The van der Waals surface area contributed by atoms with Crippen LogP contribution in [0.15, 0.2) is 29.2 Å². The van der Waals surface area contributed by atoms with E-state index in [1.54, 1.807) is 12.1 Å². The largest absolute Gasteiger partial charge is 0.379 e. The molecule has 2 aliphatic heterocycles. The number of sulfonamides is 1. The van der Waals surface area contributed by atoms with Gasteiger partial charge in [-0.2, -0.15) is 11.8 Å². The highest BCUT2D eigenvalue weighted by molar-refractivity contribution is 7.99. The Hall–Kier alpha value is -1.33. The molecule has 2 N–H and O–H groups in total. The summed E-state index contributed by atoms with van der Waals surface area (Å²) in [6, 6.07) is 5.95. The molecule has 0 spiro atoms. The molecule has 28 heavy (non-hydrogen) atoms. The first-order chi connectivity index (χ1) is 13.3. The van der Waals surface area contributed by atoms with E-state index in [9.17, 15) is 13.2 Å². The summed E-state index contributed by atoms with van der Waals surface area (Å²) >= 11 is 1.91. The summed E-state index contributed by atoms with van der Waals surface area (Å²) in [5, 5.41) is 5.74. The summed E-state index contributed by atoms with van der Waals surface area (Å²) in [4.78, 5) is 15.0. The summed E-state index contributed by atoms with van der Waals surface area (Å²) in [6.07, 6.45) is 1.04. The smallest absolute Gasteiger partial charge is 0.319 e. The number of carbonyl (C=O) groups is 1. The van der Waals surface area contributed by atoms with Gasteiger partial charge in [0.15, 0.2) is 0 Å². The average Bonchev–Trinajstić information content (AvgIpc) is 3.17. The van der Waals surface area contributed by atoms with Gasteiger partial charge in [-0.3, -0.25) is 4.90 Å². The number of nitrogens with one attached hydrogen (secondary N) is 2. The van der Waals surface area contributed by atoms with Gasteiger partial charge in [-0.1, -0.05) is 6.07 Å². The molecule has 2 amide bonds. The summed E-state index contributed by atoms with van der Waals surface area (Å²) in [5.41, 5.74) is 0.406. The first-order valence-corrected chi connectivity index (χ1v) is 11.9. The Morgan fingerprint density at radius 1 is 1.32 bits per heavy atom. The second kappa shape index (κ2) is 9.00. The third kappa shape index (κ3) is 4.80. The van der Waals surface area contributed by atoms with Crippen molar-refractivity contribution in [3.8, 4) is 0 Å². The van der Waals surface area contributed by atoms with E-state index >= 15 is 0 Å². The maximum Gasteiger partial charge on any atom is 0.319 e. The fourth-order valence-electron chi connectivity index (χ4n) is 3.50. The lowest BCUT2D eigenvalue weighted by Gasteiger charge is -2.43. The van der Waals surface area contributed by atoms with E-state index in [4.69, 9.17) is 4.74 Å². The minimum atomic E-state index is -3.54. The van der Waals surface area contributed by atoms with E-state index in [0.717, 1.165) is 48.5 Å². The lowest BCUT2D eigenvalue weighted by Crippen LogP contribution is -2.59. The number of hydrogen-bond acceptors (Lipinski definition) is 6. The van der Waals surface area contributed by atoms with E-state index < -0.39 is 10.0 Å². The molecule has 2 saturated heterocycles. The topological polar surface area (TPSA) is 91.0 Å². The van der Waals surface area contributed by atoms with Gasteiger partial charge in [0.1, 0.15) is 0 Å². The normalized spacial score (nSPS) is 23.7. The summed E-state index contributed by atoms with van der Waals surface area (Å²) < 4.78 is 31.1. The van der Waals surface area contributed by atoms with Gasteiger partial charge < -0.3 is 15.4 Å². The molecule has 3 rings (SSSR count). The van der Waals surface area contributed by atoms with Gasteiger partial charge in [0.05, 0.1) is 18.1 Å². The number of nitrogens with zero attached hydrogens (tertiary/aromatic N) is 2. The summed E-state index contributed by atoms with van der Waals surface area (Å²) in [7, 11) is -0.587. The molecule has 0 radical (unpaired) electrons. The number of rotatable bonds is 6. The average molecular weight is 429 g/mol. The zero-order chi connectivity index (χ0) is 20.2. The van der Waals surface area contributed by atoms with Gasteiger partial charge in [-0.25, -0.2) is 17.5 Å². The number of carbonyl (C=O) groups excluding carboxylic acids is 1. The lowest BCUT2D eigenvalue weighted by atomic mass is 9.95. The highest BCUT2D eigenvalue weighted by Gasteiger charge is 2.40. The van der Waals surface area contributed by atoms with Crippen LogP contribution in [0.4, 0.5) is 10.5 Å². The zero-order valence-electron chi connectivity index (χ0n) is 16.3. The third-order valence-electron chi connectivity index (χ3n) is 5.21. The number of hydrogen-bond donors (Lipinski definition) is 2. The van der Waals surface area contributed by atoms with Crippen LogP contribution in [-0.2, 0) is 14.8 Å². The molecule has 1 aromatic rings. The van der Waals surface area contributed by atoms with Crippen LogP contribution >= 0.6 is 11.8 Å². The van der Waals surface area contributed by atoms with Crippen molar-refractivity contribution in [2.24, 2.45) is 0 Å². The van der Waals surface area contributed by atoms with Crippen LogP contribution in [0.3, 0.4) is 0 Å². The van der Waals surface area contributed by atoms with Crippen molar-refractivity contribution in [3.63, 3.8) is 0 Å². The van der Waals surface area contributed by atoms with Crippen molar-refractivity contribution >= 4 is 33.5 Å². The predicted octanol–water partition coefficient (Wildman–Crippen LogP) is 1.27. The van der Waals surface area contributed by atoms with Crippen LogP contribution in [0.5, 0.6) is 0 Å². The molecule has 1 unspecified atom stereocenters. The van der Waals surface area contributed by atoms with Gasteiger partial charge >= 0.3 is 6.03 Å². The van der Waals surface area contributed by atoms with Crippen molar-refractivity contribution in [3.05, 3.63) is 24.3 Å².